The van der Waals surface area contributed by atoms with Crippen molar-refractivity contribution >= 4 is 17.6 Å². The molecule has 1 aromatic carbocycles. The lowest BCUT2D eigenvalue weighted by Gasteiger charge is -2.28. The molecule has 1 aromatic rings. The molecule has 0 spiro atoms. The van der Waals surface area contributed by atoms with Gasteiger partial charge >= 0.3 is 5.97 Å². The highest BCUT2D eigenvalue weighted by atomic mass is 35.5. The predicted octanol–water partition coefficient (Wildman–Crippen LogP) is 2.78. The maximum absolute atomic E-state index is 11.8. The lowest BCUT2D eigenvalue weighted by Crippen LogP contribution is -2.36. The normalized spacial score (nSPS) is 25.7. The number of hydrogen-bond donors (Lipinski definition) is 1. The van der Waals surface area contributed by atoms with E-state index in [1.807, 2.05) is 19.2 Å². The summed E-state index contributed by atoms with van der Waals surface area (Å²) in [5, 5.41) is 10.3. The number of rotatable bonds is 2. The zero-order valence-electron chi connectivity index (χ0n) is 10.5. The minimum Gasteiger partial charge on any atom is -0.481 e. The van der Waals surface area contributed by atoms with Gasteiger partial charge in [0.1, 0.15) is 0 Å². The third-order valence-electron chi connectivity index (χ3n) is 3.87. The molecule has 0 aromatic heterocycles. The van der Waals surface area contributed by atoms with E-state index in [1.165, 1.54) is 0 Å². The van der Waals surface area contributed by atoms with Gasteiger partial charge in [-0.25, -0.2) is 0 Å². The zero-order valence-corrected chi connectivity index (χ0v) is 11.3. The van der Waals surface area contributed by atoms with E-state index < -0.39 is 11.4 Å². The highest BCUT2D eigenvalue weighted by molar-refractivity contribution is 6.30. The van der Waals surface area contributed by atoms with Crippen LogP contribution in [0.5, 0.6) is 0 Å². The van der Waals surface area contributed by atoms with Crippen molar-refractivity contribution in [1.29, 1.82) is 0 Å². The van der Waals surface area contributed by atoms with Gasteiger partial charge in [-0.15, -0.1) is 0 Å². The van der Waals surface area contributed by atoms with Gasteiger partial charge in [-0.05, 0) is 57.1 Å². The van der Waals surface area contributed by atoms with Gasteiger partial charge in [-0.2, -0.15) is 0 Å². The Morgan fingerprint density at radius 1 is 1.28 bits per heavy atom. The maximum Gasteiger partial charge on any atom is 0.314 e. The summed E-state index contributed by atoms with van der Waals surface area (Å²) in [6.45, 7) is 1.78. The van der Waals surface area contributed by atoms with Crippen LogP contribution in [0.25, 0.3) is 0 Å². The fraction of sp³-hybridized carbons (Fsp3) is 0.500. The summed E-state index contributed by atoms with van der Waals surface area (Å²) in [6, 6.07) is 7.25. The molecule has 1 heterocycles. The second-order valence-electron chi connectivity index (χ2n) is 5.05. The number of nitrogens with zero attached hydrogens (tertiary/aromatic N) is 1. The first-order valence-corrected chi connectivity index (χ1v) is 6.60. The molecular formula is C14H18ClNO2. The molecule has 3 nitrogen and oxygen atoms in total. The Labute approximate surface area is 112 Å². The van der Waals surface area contributed by atoms with Crippen LogP contribution in [0.2, 0.25) is 5.02 Å². The van der Waals surface area contributed by atoms with Crippen molar-refractivity contribution in [2.75, 3.05) is 20.1 Å². The lowest BCUT2D eigenvalue weighted by atomic mass is 9.74. The van der Waals surface area contributed by atoms with E-state index in [-0.39, 0.29) is 0 Å². The van der Waals surface area contributed by atoms with E-state index >= 15 is 0 Å². The molecule has 1 fully saturated rings. The number of halogens is 1. The smallest absolute Gasteiger partial charge is 0.314 e. The highest BCUT2D eigenvalue weighted by Gasteiger charge is 2.40. The Morgan fingerprint density at radius 3 is 2.56 bits per heavy atom. The standard InChI is InChI=1S/C14H18ClNO2/c1-16-9-2-7-14(8-10-16,13(17)18)11-3-5-12(15)6-4-11/h3-6H,2,7-10H2,1H3,(H,17,18). The van der Waals surface area contributed by atoms with E-state index in [2.05, 4.69) is 4.90 Å². The van der Waals surface area contributed by atoms with Crippen LogP contribution in [-0.4, -0.2) is 36.1 Å². The summed E-state index contributed by atoms with van der Waals surface area (Å²) in [6.07, 6.45) is 2.25. The Morgan fingerprint density at radius 2 is 1.94 bits per heavy atom. The molecule has 0 bridgehead atoms. The molecule has 0 amide bonds. The monoisotopic (exact) mass is 267 g/mol. The van der Waals surface area contributed by atoms with Crippen LogP contribution >= 0.6 is 11.6 Å². The Kier molecular flexibility index (Phi) is 3.93. The van der Waals surface area contributed by atoms with Gasteiger partial charge in [0.25, 0.3) is 0 Å². The van der Waals surface area contributed by atoms with Crippen LogP contribution in [-0.2, 0) is 10.2 Å². The SMILES string of the molecule is CN1CCCC(C(=O)O)(c2ccc(Cl)cc2)CC1. The second-order valence-corrected chi connectivity index (χ2v) is 5.49. The molecule has 1 unspecified atom stereocenters. The zero-order chi connectivity index (χ0) is 13.2. The number of carboxylic acids is 1. The first-order chi connectivity index (χ1) is 8.54. The van der Waals surface area contributed by atoms with Gasteiger partial charge in [0.2, 0.25) is 0 Å². The number of benzene rings is 1. The topological polar surface area (TPSA) is 40.5 Å². The summed E-state index contributed by atoms with van der Waals surface area (Å²) in [5.74, 6) is -0.722. The first-order valence-electron chi connectivity index (χ1n) is 6.22. The summed E-state index contributed by atoms with van der Waals surface area (Å²) in [7, 11) is 2.04. The van der Waals surface area contributed by atoms with Crippen LogP contribution in [0.15, 0.2) is 24.3 Å². The molecule has 1 aliphatic heterocycles. The van der Waals surface area contributed by atoms with E-state index in [4.69, 9.17) is 11.6 Å². The van der Waals surface area contributed by atoms with Gasteiger partial charge in [-0.1, -0.05) is 23.7 Å². The third kappa shape index (κ3) is 2.52. The summed E-state index contributed by atoms with van der Waals surface area (Å²) in [5.41, 5.74) is 0.115. The molecule has 2 rings (SSSR count). The quantitative estimate of drug-likeness (QED) is 0.896. The molecule has 18 heavy (non-hydrogen) atoms. The van der Waals surface area contributed by atoms with Crippen LogP contribution in [0.4, 0.5) is 0 Å². The first kappa shape index (κ1) is 13.4. The van der Waals surface area contributed by atoms with Crippen molar-refractivity contribution in [3.05, 3.63) is 34.9 Å². The van der Waals surface area contributed by atoms with Crippen LogP contribution < -0.4 is 0 Å². The van der Waals surface area contributed by atoms with E-state index in [1.54, 1.807) is 12.1 Å². The number of aliphatic carboxylic acids is 1. The molecular weight excluding hydrogens is 250 g/mol. The largest absolute Gasteiger partial charge is 0.481 e. The molecule has 4 heteroatoms. The number of carbonyl (C=O) groups is 1. The Bertz CT molecular complexity index is 432. The van der Waals surface area contributed by atoms with Gasteiger partial charge in [0.15, 0.2) is 0 Å². The van der Waals surface area contributed by atoms with Gasteiger partial charge in [-0.3, -0.25) is 4.79 Å². The predicted molar refractivity (Wildman–Crippen MR) is 72.1 cm³/mol. The average Bonchev–Trinajstić information content (AvgIpc) is 2.53. The van der Waals surface area contributed by atoms with E-state index in [0.717, 1.165) is 25.1 Å². The summed E-state index contributed by atoms with van der Waals surface area (Å²) < 4.78 is 0. The molecule has 1 aliphatic rings. The highest BCUT2D eigenvalue weighted by Crippen LogP contribution is 2.36. The van der Waals surface area contributed by atoms with Crippen molar-refractivity contribution in [3.8, 4) is 0 Å². The summed E-state index contributed by atoms with van der Waals surface area (Å²) in [4.78, 5) is 14.0. The summed E-state index contributed by atoms with van der Waals surface area (Å²) >= 11 is 5.88. The second kappa shape index (κ2) is 5.29. The van der Waals surface area contributed by atoms with Crippen LogP contribution in [0.3, 0.4) is 0 Å². The third-order valence-corrected chi connectivity index (χ3v) is 4.12. The fourth-order valence-electron chi connectivity index (χ4n) is 2.66. The van der Waals surface area contributed by atoms with Crippen LogP contribution in [0.1, 0.15) is 24.8 Å². The average molecular weight is 268 g/mol. The molecule has 0 aliphatic carbocycles. The van der Waals surface area contributed by atoms with Crippen molar-refractivity contribution in [3.63, 3.8) is 0 Å². The van der Waals surface area contributed by atoms with Crippen molar-refractivity contribution in [2.24, 2.45) is 0 Å². The van der Waals surface area contributed by atoms with E-state index in [0.29, 0.717) is 17.9 Å². The molecule has 1 atom stereocenters. The van der Waals surface area contributed by atoms with Gasteiger partial charge < -0.3 is 10.0 Å². The maximum atomic E-state index is 11.8. The van der Waals surface area contributed by atoms with Crippen molar-refractivity contribution in [2.45, 2.75) is 24.7 Å². The molecule has 1 N–H and O–H groups in total. The number of carboxylic acid groups (broad SMARTS) is 1. The lowest BCUT2D eigenvalue weighted by molar-refractivity contribution is -0.144. The van der Waals surface area contributed by atoms with Gasteiger partial charge in [0.05, 0.1) is 5.41 Å². The molecule has 0 saturated carbocycles. The Hall–Kier alpha value is -1.06. The fourth-order valence-corrected chi connectivity index (χ4v) is 2.79. The van der Waals surface area contributed by atoms with Crippen molar-refractivity contribution < 1.29 is 9.90 Å². The number of hydrogen-bond acceptors (Lipinski definition) is 2. The number of likely N-dealkylation sites (tertiary alicyclic amines) is 1. The minimum absolute atomic E-state index is 0.644. The Balaban J connectivity index is 2.37. The molecule has 0 radical (unpaired) electrons. The molecule has 1 saturated heterocycles. The minimum atomic E-state index is -0.755. The van der Waals surface area contributed by atoms with Gasteiger partial charge in [0, 0.05) is 5.02 Å². The van der Waals surface area contributed by atoms with Crippen LogP contribution in [0, 0.1) is 0 Å². The van der Waals surface area contributed by atoms with Crippen molar-refractivity contribution in [1.82, 2.24) is 4.90 Å². The van der Waals surface area contributed by atoms with E-state index in [9.17, 15) is 9.90 Å². The molecule has 98 valence electrons.